The van der Waals surface area contributed by atoms with Gasteiger partial charge in [-0.25, -0.2) is 4.98 Å². The molecule has 1 heterocycles. The summed E-state index contributed by atoms with van der Waals surface area (Å²) < 4.78 is 1.98. The summed E-state index contributed by atoms with van der Waals surface area (Å²) in [5, 5.41) is 0.708. The van der Waals surface area contributed by atoms with Crippen molar-refractivity contribution in [2.24, 2.45) is 0 Å². The van der Waals surface area contributed by atoms with Gasteiger partial charge in [0, 0.05) is 5.02 Å². The van der Waals surface area contributed by atoms with Crippen LogP contribution in [0.4, 0.5) is 0 Å². The summed E-state index contributed by atoms with van der Waals surface area (Å²) in [6.45, 7) is 3.50. The maximum atomic E-state index is 11.9. The lowest BCUT2D eigenvalue weighted by Crippen LogP contribution is -2.14. The minimum Gasteiger partial charge on any atom is -0.314 e. The van der Waals surface area contributed by atoms with Gasteiger partial charge in [-0.3, -0.25) is 4.79 Å². The average Bonchev–Trinajstić information content (AvgIpc) is 2.91. The van der Waals surface area contributed by atoms with Crippen molar-refractivity contribution < 1.29 is 4.79 Å². The topological polar surface area (TPSA) is 34.9 Å². The van der Waals surface area contributed by atoms with Crippen molar-refractivity contribution in [3.63, 3.8) is 0 Å². The first kappa shape index (κ1) is 15.5. The van der Waals surface area contributed by atoms with Gasteiger partial charge >= 0.3 is 0 Å². The van der Waals surface area contributed by atoms with E-state index in [4.69, 9.17) is 11.6 Å². The number of aromatic nitrogens is 2. The lowest BCUT2D eigenvalue weighted by Gasteiger charge is -2.13. The first-order valence-corrected chi connectivity index (χ1v) is 7.85. The van der Waals surface area contributed by atoms with Crippen molar-refractivity contribution in [2.75, 3.05) is 0 Å². The maximum Gasteiger partial charge on any atom is 0.152 e. The zero-order valence-corrected chi connectivity index (χ0v) is 13.8. The highest BCUT2D eigenvalue weighted by molar-refractivity contribution is 6.30. The van der Waals surface area contributed by atoms with E-state index in [2.05, 4.69) is 4.98 Å². The molecular formula is C19H17ClN2O. The Kier molecular flexibility index (Phi) is 4.30. The van der Waals surface area contributed by atoms with E-state index in [9.17, 15) is 4.79 Å². The molecule has 1 unspecified atom stereocenters. The molecule has 0 saturated heterocycles. The second kappa shape index (κ2) is 6.39. The van der Waals surface area contributed by atoms with Crippen LogP contribution < -0.4 is 0 Å². The number of hydrogen-bond acceptors (Lipinski definition) is 2. The summed E-state index contributed by atoms with van der Waals surface area (Å²) >= 11 is 5.91. The number of imidazole rings is 1. The molecule has 0 aliphatic rings. The molecule has 0 fully saturated rings. The van der Waals surface area contributed by atoms with Crippen LogP contribution in [-0.2, 0) is 4.79 Å². The number of benzene rings is 2. The molecule has 0 bridgehead atoms. The summed E-state index contributed by atoms with van der Waals surface area (Å²) in [4.78, 5) is 16.5. The molecule has 3 aromatic rings. The van der Waals surface area contributed by atoms with Crippen LogP contribution in [0.25, 0.3) is 23.2 Å². The third kappa shape index (κ3) is 3.20. The molecule has 1 atom stereocenters. The number of halogens is 1. The fraction of sp³-hybridized carbons (Fsp3) is 0.158. The van der Waals surface area contributed by atoms with Crippen LogP contribution in [0.2, 0.25) is 5.02 Å². The smallest absolute Gasteiger partial charge is 0.152 e. The fourth-order valence-corrected chi connectivity index (χ4v) is 2.64. The van der Waals surface area contributed by atoms with Gasteiger partial charge in [-0.2, -0.15) is 0 Å². The summed E-state index contributed by atoms with van der Waals surface area (Å²) in [6.07, 6.45) is 3.91. The number of hydrogen-bond donors (Lipinski definition) is 0. The van der Waals surface area contributed by atoms with Gasteiger partial charge in [-0.15, -0.1) is 0 Å². The molecule has 0 aliphatic heterocycles. The molecule has 3 rings (SSSR count). The molecule has 0 spiro atoms. The molecule has 1 aromatic heterocycles. The lowest BCUT2D eigenvalue weighted by atomic mass is 10.2. The summed E-state index contributed by atoms with van der Waals surface area (Å²) in [5.41, 5.74) is 2.88. The Bertz CT molecular complexity index is 878. The molecule has 0 N–H and O–H groups in total. The zero-order valence-electron chi connectivity index (χ0n) is 13.0. The van der Waals surface area contributed by atoms with Crippen molar-refractivity contribution in [3.8, 4) is 0 Å². The third-order valence-corrected chi connectivity index (χ3v) is 4.15. The van der Waals surface area contributed by atoms with Crippen molar-refractivity contribution in [2.45, 2.75) is 19.9 Å². The van der Waals surface area contributed by atoms with E-state index < -0.39 is 0 Å². The van der Waals surface area contributed by atoms with Gasteiger partial charge in [0.2, 0.25) is 0 Å². The van der Waals surface area contributed by atoms with Crippen molar-refractivity contribution >= 4 is 40.6 Å². The number of Topliss-reactive ketones (excluding diaryl/α,β-unsaturated/α-hetero) is 1. The van der Waals surface area contributed by atoms with E-state index in [-0.39, 0.29) is 11.8 Å². The van der Waals surface area contributed by atoms with E-state index in [1.165, 1.54) is 0 Å². The number of nitrogens with zero attached hydrogens (tertiary/aromatic N) is 2. The van der Waals surface area contributed by atoms with Gasteiger partial charge in [0.25, 0.3) is 0 Å². The fourth-order valence-electron chi connectivity index (χ4n) is 2.51. The van der Waals surface area contributed by atoms with Crippen molar-refractivity contribution in [3.05, 3.63) is 64.9 Å². The van der Waals surface area contributed by atoms with Crippen LogP contribution in [0.1, 0.15) is 31.3 Å². The number of carbonyl (C=O) groups excluding carboxylic acids is 1. The van der Waals surface area contributed by atoms with Crippen molar-refractivity contribution in [1.29, 1.82) is 0 Å². The molecule has 2 aromatic carbocycles. The molecular weight excluding hydrogens is 308 g/mol. The second-order valence-corrected chi connectivity index (χ2v) is 5.94. The average molecular weight is 325 g/mol. The van der Waals surface area contributed by atoms with Crippen LogP contribution in [0.3, 0.4) is 0 Å². The number of para-hydroxylation sites is 2. The molecule has 4 heteroatoms. The monoisotopic (exact) mass is 324 g/mol. The van der Waals surface area contributed by atoms with Gasteiger partial charge in [0.1, 0.15) is 5.82 Å². The van der Waals surface area contributed by atoms with E-state index in [1.807, 2.05) is 72.2 Å². The summed E-state index contributed by atoms with van der Waals surface area (Å²) in [5.74, 6) is 0.873. The highest BCUT2D eigenvalue weighted by Gasteiger charge is 2.17. The van der Waals surface area contributed by atoms with Crippen LogP contribution >= 0.6 is 11.6 Å². The number of fused-ring (bicyclic) bond motifs is 1. The van der Waals surface area contributed by atoms with E-state index in [0.717, 1.165) is 22.4 Å². The minimum atomic E-state index is -0.257. The first-order valence-electron chi connectivity index (χ1n) is 7.47. The highest BCUT2D eigenvalue weighted by Crippen LogP contribution is 2.23. The van der Waals surface area contributed by atoms with E-state index in [1.54, 1.807) is 6.92 Å². The van der Waals surface area contributed by atoms with Crippen LogP contribution in [0.15, 0.2) is 48.5 Å². The third-order valence-electron chi connectivity index (χ3n) is 3.89. The largest absolute Gasteiger partial charge is 0.314 e. The Balaban J connectivity index is 2.07. The number of ketones is 1. The minimum absolute atomic E-state index is 0.106. The SMILES string of the molecule is CC(=O)C(C)n1c(/C=C/c2ccc(Cl)cc2)nc2ccccc21. The maximum absolute atomic E-state index is 11.9. The first-order chi connectivity index (χ1) is 11.1. The van der Waals surface area contributed by atoms with Gasteiger partial charge in [0.15, 0.2) is 5.78 Å². The predicted molar refractivity (Wildman–Crippen MR) is 95.5 cm³/mol. The normalized spacial score (nSPS) is 12.8. The Morgan fingerprint density at radius 3 is 2.52 bits per heavy atom. The Labute approximate surface area is 140 Å². The van der Waals surface area contributed by atoms with E-state index in [0.29, 0.717) is 5.02 Å². The molecule has 23 heavy (non-hydrogen) atoms. The summed E-state index contributed by atoms with van der Waals surface area (Å²) in [7, 11) is 0. The van der Waals surface area contributed by atoms with Gasteiger partial charge in [-0.05, 0) is 49.8 Å². The van der Waals surface area contributed by atoms with Gasteiger partial charge in [-0.1, -0.05) is 41.9 Å². The zero-order chi connectivity index (χ0) is 16.4. The standard InChI is InChI=1S/C19H17ClN2O/c1-13(14(2)23)22-18-6-4-3-5-17(18)21-19(22)12-9-15-7-10-16(20)11-8-15/h3-13H,1-2H3/b12-9+. The molecule has 3 nitrogen and oxygen atoms in total. The Hall–Kier alpha value is -2.39. The Morgan fingerprint density at radius 1 is 1.13 bits per heavy atom. The molecule has 0 radical (unpaired) electrons. The molecule has 0 amide bonds. The van der Waals surface area contributed by atoms with E-state index >= 15 is 0 Å². The Morgan fingerprint density at radius 2 is 1.83 bits per heavy atom. The lowest BCUT2D eigenvalue weighted by molar-refractivity contribution is -0.119. The molecule has 0 aliphatic carbocycles. The highest BCUT2D eigenvalue weighted by atomic mass is 35.5. The number of carbonyl (C=O) groups is 1. The van der Waals surface area contributed by atoms with Crippen LogP contribution in [0.5, 0.6) is 0 Å². The summed E-state index contributed by atoms with van der Waals surface area (Å²) in [6, 6.07) is 15.2. The second-order valence-electron chi connectivity index (χ2n) is 5.50. The van der Waals surface area contributed by atoms with Crippen LogP contribution in [0, 0.1) is 0 Å². The van der Waals surface area contributed by atoms with Gasteiger partial charge in [0.05, 0.1) is 17.1 Å². The quantitative estimate of drug-likeness (QED) is 0.676. The van der Waals surface area contributed by atoms with Gasteiger partial charge < -0.3 is 4.57 Å². The van der Waals surface area contributed by atoms with Crippen LogP contribution in [-0.4, -0.2) is 15.3 Å². The van der Waals surface area contributed by atoms with Crippen molar-refractivity contribution in [1.82, 2.24) is 9.55 Å². The molecule has 0 saturated carbocycles. The predicted octanol–water partition coefficient (Wildman–Crippen LogP) is 5.01. The molecule has 116 valence electrons. The number of rotatable bonds is 4.